The van der Waals surface area contributed by atoms with Crippen LogP contribution in [0.5, 0.6) is 0 Å². The Labute approximate surface area is 361 Å². The summed E-state index contributed by atoms with van der Waals surface area (Å²) in [4.78, 5) is 7.54. The average molecular weight is 799 g/mol. The molecule has 3 aromatic heterocycles. The Morgan fingerprint density at radius 1 is 0.468 bits per heavy atom. The number of hydrogen-bond donors (Lipinski definition) is 0. The summed E-state index contributed by atoms with van der Waals surface area (Å²) < 4.78 is 6.81. The van der Waals surface area contributed by atoms with Gasteiger partial charge in [0, 0.05) is 65.1 Å². The maximum absolute atomic E-state index is 5.08. The lowest BCUT2D eigenvalue weighted by atomic mass is 9.94. The van der Waals surface area contributed by atoms with Crippen LogP contribution in [0.1, 0.15) is 11.1 Å². The van der Waals surface area contributed by atoms with Gasteiger partial charge in [0.1, 0.15) is 11.5 Å². The molecule has 0 saturated carbocycles. The molecule has 0 unspecified atom stereocenters. The minimum atomic E-state index is 0.879. The number of aromatic nitrogens is 4. The lowest BCUT2D eigenvalue weighted by Crippen LogP contribution is -2.13. The Hall–Kier alpha value is -8.02. The minimum absolute atomic E-state index is 0.879. The number of rotatable bonds is 8. The van der Waals surface area contributed by atoms with Crippen LogP contribution in [0.15, 0.2) is 213 Å². The lowest BCUT2D eigenvalue weighted by Gasteiger charge is -2.30. The maximum atomic E-state index is 5.08. The molecule has 3 heterocycles. The third-order valence-corrected chi connectivity index (χ3v) is 12.3. The zero-order chi connectivity index (χ0) is 41.7. The third kappa shape index (κ3) is 6.25. The first-order valence-corrected chi connectivity index (χ1v) is 21.2. The van der Waals surface area contributed by atoms with Gasteiger partial charge in [-0.3, -0.25) is 4.57 Å². The molecule has 0 aliphatic carbocycles. The Bertz CT molecular complexity index is 3370. The number of imidazole rings is 1. The van der Waals surface area contributed by atoms with Crippen LogP contribution in [0.25, 0.3) is 77.7 Å². The molecule has 0 bridgehead atoms. The molecule has 5 nitrogen and oxygen atoms in total. The number of fused-ring (bicyclic) bond motifs is 4. The molecule has 0 spiro atoms. The van der Waals surface area contributed by atoms with E-state index < -0.39 is 0 Å². The lowest BCUT2D eigenvalue weighted by molar-refractivity contribution is 0.911. The van der Waals surface area contributed by atoms with E-state index in [-0.39, 0.29) is 0 Å². The number of anilines is 3. The predicted octanol–water partition coefficient (Wildman–Crippen LogP) is 14.8. The molecule has 0 aliphatic rings. The molecule has 5 heteroatoms. The molecule has 8 aromatic carbocycles. The number of pyridine rings is 1. The normalized spacial score (nSPS) is 11.5. The van der Waals surface area contributed by atoms with Gasteiger partial charge in [-0.15, -0.1) is 0 Å². The summed E-state index contributed by atoms with van der Waals surface area (Å²) in [7, 11) is 2.11. The smallest absolute Gasteiger partial charge is 0.191 e. The molecule has 0 amide bonds. The second-order valence-corrected chi connectivity index (χ2v) is 16.1. The van der Waals surface area contributed by atoms with Crippen molar-refractivity contribution >= 4 is 49.9 Å². The molecular weight excluding hydrogens is 755 g/mol. The van der Waals surface area contributed by atoms with Gasteiger partial charge < -0.3 is 4.90 Å². The minimum Gasteiger partial charge on any atom is -0.308 e. The van der Waals surface area contributed by atoms with Gasteiger partial charge in [0.25, 0.3) is 0 Å². The standard InChI is InChI=1S/C57H44N5/c1-39-17-14-18-40(2)56(39)43-33-34-58-55(35-43)62-51-28-11-10-25-49(51)50-32-31-46(37-54(50)62)61(45-24-15-23-44(36-45)60-38-59(3)52-29-12-13-30-53(52)60)57-47(41-19-6-4-7-20-41)26-16-27-48(57)42-21-8-5-9-22-42/h4-38H,1-3H3/q+1. The molecule has 0 N–H and O–H groups in total. The fourth-order valence-corrected chi connectivity index (χ4v) is 9.46. The van der Waals surface area contributed by atoms with Crippen LogP contribution in [-0.2, 0) is 7.05 Å². The summed E-state index contributed by atoms with van der Waals surface area (Å²) >= 11 is 0. The highest BCUT2D eigenvalue weighted by molar-refractivity contribution is 6.11. The summed E-state index contributed by atoms with van der Waals surface area (Å²) in [6, 6.07) is 72.2. The van der Waals surface area contributed by atoms with Crippen LogP contribution in [0.4, 0.5) is 17.1 Å². The number of para-hydroxylation sites is 4. The highest BCUT2D eigenvalue weighted by Crippen LogP contribution is 2.48. The number of hydrogen-bond acceptors (Lipinski definition) is 2. The Balaban J connectivity index is 1.20. The van der Waals surface area contributed by atoms with E-state index in [2.05, 4.69) is 246 Å². The van der Waals surface area contributed by atoms with E-state index in [4.69, 9.17) is 4.98 Å². The van der Waals surface area contributed by atoms with Crippen molar-refractivity contribution in [2.45, 2.75) is 13.8 Å². The summed E-state index contributed by atoms with van der Waals surface area (Å²) in [5.41, 5.74) is 18.2. The molecular formula is C57H44N5+. The van der Waals surface area contributed by atoms with Crippen molar-refractivity contribution in [2.24, 2.45) is 7.05 Å². The first-order valence-electron chi connectivity index (χ1n) is 21.2. The van der Waals surface area contributed by atoms with Crippen LogP contribution in [0, 0.1) is 13.8 Å². The van der Waals surface area contributed by atoms with Gasteiger partial charge in [0.15, 0.2) is 17.4 Å². The molecule has 296 valence electrons. The van der Waals surface area contributed by atoms with E-state index in [0.717, 1.165) is 72.9 Å². The van der Waals surface area contributed by atoms with Crippen molar-refractivity contribution in [2.75, 3.05) is 4.90 Å². The number of benzene rings is 8. The second kappa shape index (κ2) is 15.2. The molecule has 0 saturated heterocycles. The summed E-state index contributed by atoms with van der Waals surface area (Å²) in [6.45, 7) is 4.38. The monoisotopic (exact) mass is 798 g/mol. The zero-order valence-corrected chi connectivity index (χ0v) is 34.9. The number of aryl methyl sites for hydroxylation is 3. The zero-order valence-electron chi connectivity index (χ0n) is 34.9. The average Bonchev–Trinajstić information content (AvgIpc) is 3.84. The van der Waals surface area contributed by atoms with Gasteiger partial charge in [-0.05, 0) is 102 Å². The summed E-state index contributed by atoms with van der Waals surface area (Å²) in [6.07, 6.45) is 4.12. The fraction of sp³-hybridized carbons (Fsp3) is 0.0526. The van der Waals surface area contributed by atoms with E-state index in [1.54, 1.807) is 0 Å². The molecule has 11 aromatic rings. The van der Waals surface area contributed by atoms with Crippen LogP contribution in [-0.4, -0.2) is 18.7 Å². The molecule has 0 aliphatic heterocycles. The van der Waals surface area contributed by atoms with Crippen LogP contribution < -0.4 is 4.90 Å². The molecule has 0 radical (unpaired) electrons. The quantitative estimate of drug-likeness (QED) is 0.143. The Morgan fingerprint density at radius 2 is 1.06 bits per heavy atom. The molecule has 0 atom stereocenters. The van der Waals surface area contributed by atoms with E-state index in [1.165, 1.54) is 33.0 Å². The highest BCUT2D eigenvalue weighted by atomic mass is 15.2. The highest BCUT2D eigenvalue weighted by Gasteiger charge is 2.25. The van der Waals surface area contributed by atoms with E-state index in [0.29, 0.717) is 0 Å². The van der Waals surface area contributed by atoms with Crippen molar-refractivity contribution in [1.29, 1.82) is 0 Å². The van der Waals surface area contributed by atoms with Crippen LogP contribution in [0.2, 0.25) is 0 Å². The second-order valence-electron chi connectivity index (χ2n) is 16.1. The first-order chi connectivity index (χ1) is 30.5. The van der Waals surface area contributed by atoms with Gasteiger partial charge in [-0.25, -0.2) is 9.55 Å². The third-order valence-electron chi connectivity index (χ3n) is 12.3. The predicted molar refractivity (Wildman–Crippen MR) is 259 cm³/mol. The van der Waals surface area contributed by atoms with Gasteiger partial charge >= 0.3 is 0 Å². The van der Waals surface area contributed by atoms with Crippen LogP contribution >= 0.6 is 0 Å². The summed E-state index contributed by atoms with van der Waals surface area (Å²) in [5, 5.41) is 2.35. The topological polar surface area (TPSA) is 30.9 Å². The maximum Gasteiger partial charge on any atom is 0.191 e. The van der Waals surface area contributed by atoms with E-state index in [9.17, 15) is 0 Å². The van der Waals surface area contributed by atoms with Crippen molar-refractivity contribution < 1.29 is 0 Å². The van der Waals surface area contributed by atoms with Gasteiger partial charge in [-0.1, -0.05) is 121 Å². The van der Waals surface area contributed by atoms with Crippen molar-refractivity contribution in [3.05, 3.63) is 224 Å². The Morgan fingerprint density at radius 3 is 1.79 bits per heavy atom. The van der Waals surface area contributed by atoms with Gasteiger partial charge in [0.05, 0.1) is 22.4 Å². The van der Waals surface area contributed by atoms with E-state index >= 15 is 0 Å². The largest absolute Gasteiger partial charge is 0.308 e. The molecule has 11 rings (SSSR count). The summed E-state index contributed by atoms with van der Waals surface area (Å²) in [5.74, 6) is 0.879. The van der Waals surface area contributed by atoms with E-state index in [1.807, 2.05) is 6.20 Å². The fourth-order valence-electron chi connectivity index (χ4n) is 9.46. The molecule has 62 heavy (non-hydrogen) atoms. The van der Waals surface area contributed by atoms with Gasteiger partial charge in [0.2, 0.25) is 0 Å². The Kier molecular flexibility index (Phi) is 9.09. The number of nitrogens with zero attached hydrogens (tertiary/aromatic N) is 5. The van der Waals surface area contributed by atoms with Crippen molar-refractivity contribution in [1.82, 2.24) is 18.7 Å². The van der Waals surface area contributed by atoms with Crippen LogP contribution in [0.3, 0.4) is 0 Å². The first kappa shape index (κ1) is 37.0. The van der Waals surface area contributed by atoms with Crippen molar-refractivity contribution in [3.63, 3.8) is 0 Å². The SMILES string of the molecule is Cc1cccc(C)c1-c1ccnc(-n2c3ccccc3c3ccc(N(c4cccc(-n5[cH+]n(C)c6ccccc65)c4)c4c(-c5ccccc5)cccc4-c4ccccc4)cc32)c1. The molecule has 0 fully saturated rings. The van der Waals surface area contributed by atoms with Crippen molar-refractivity contribution in [3.8, 4) is 44.9 Å². The van der Waals surface area contributed by atoms with Gasteiger partial charge in [-0.2, -0.15) is 4.57 Å².